The van der Waals surface area contributed by atoms with Crippen LogP contribution in [0.15, 0.2) is 29.1 Å². The van der Waals surface area contributed by atoms with Crippen LogP contribution in [0, 0.1) is 5.41 Å². The molecule has 7 nitrogen and oxygen atoms in total. The Morgan fingerprint density at radius 1 is 1.34 bits per heavy atom. The van der Waals surface area contributed by atoms with E-state index >= 15 is 0 Å². The highest BCUT2D eigenvalue weighted by Crippen LogP contribution is 2.59. The highest BCUT2D eigenvalue weighted by atomic mass is 16.5. The van der Waals surface area contributed by atoms with E-state index in [4.69, 9.17) is 9.47 Å². The van der Waals surface area contributed by atoms with Gasteiger partial charge in [-0.1, -0.05) is 25.1 Å². The lowest BCUT2D eigenvalue weighted by atomic mass is 10.0. The van der Waals surface area contributed by atoms with Gasteiger partial charge >= 0.3 is 5.97 Å². The Bertz CT molecular complexity index is 1110. The van der Waals surface area contributed by atoms with Crippen LogP contribution < -0.4 is 15.0 Å². The van der Waals surface area contributed by atoms with Crippen molar-refractivity contribution in [2.24, 2.45) is 5.41 Å². The number of fused-ring (bicyclic) bond motifs is 3. The number of nitrogens with zero attached hydrogens (tertiary/aromatic N) is 2. The van der Waals surface area contributed by atoms with Gasteiger partial charge in [0, 0.05) is 11.1 Å². The summed E-state index contributed by atoms with van der Waals surface area (Å²) in [6.45, 7) is 1.89. The van der Waals surface area contributed by atoms with Gasteiger partial charge in [0.1, 0.15) is 11.2 Å². The Hall–Kier alpha value is -3.35. The summed E-state index contributed by atoms with van der Waals surface area (Å²) >= 11 is 0. The van der Waals surface area contributed by atoms with Crippen molar-refractivity contribution in [3.63, 3.8) is 0 Å². The molecule has 7 heteroatoms. The number of para-hydroxylation sites is 1. The molecule has 1 N–H and O–H groups in total. The molecule has 0 bridgehead atoms. The summed E-state index contributed by atoms with van der Waals surface area (Å²) in [6, 6.07) is 5.20. The van der Waals surface area contributed by atoms with Crippen molar-refractivity contribution in [3.05, 3.63) is 57.3 Å². The molecule has 2 aliphatic rings. The Kier molecular flexibility index (Phi) is 4.53. The third kappa shape index (κ3) is 2.85. The van der Waals surface area contributed by atoms with Crippen LogP contribution in [0.25, 0.3) is 18.2 Å². The zero-order valence-corrected chi connectivity index (χ0v) is 16.5. The van der Waals surface area contributed by atoms with E-state index in [9.17, 15) is 14.7 Å². The minimum atomic E-state index is -0.963. The number of rotatable bonds is 6. The van der Waals surface area contributed by atoms with Gasteiger partial charge in [-0.15, -0.1) is 0 Å². The molecule has 1 aromatic carbocycles. The maximum Gasteiger partial charge on any atom is 0.315 e. The average Bonchev–Trinajstić information content (AvgIpc) is 3.48. The largest absolute Gasteiger partial charge is 0.493 e. The molecule has 1 aromatic heterocycles. The highest BCUT2D eigenvalue weighted by molar-refractivity contribution is 5.84. The third-order valence-corrected chi connectivity index (χ3v) is 5.68. The number of benzene rings is 1. The van der Waals surface area contributed by atoms with Gasteiger partial charge in [-0.2, -0.15) is 0 Å². The second kappa shape index (κ2) is 6.92. The number of aliphatic carboxylic acids is 1. The smallest absolute Gasteiger partial charge is 0.315 e. The van der Waals surface area contributed by atoms with Gasteiger partial charge in [0.15, 0.2) is 11.5 Å². The first-order chi connectivity index (χ1) is 14.0. The van der Waals surface area contributed by atoms with Gasteiger partial charge in [-0.05, 0) is 37.1 Å². The SMILES string of the molecule is CCc1c(/C=C/c2cccc(OC)c2OC)nc2n(c1=O)C1CC1(C(=O)O)C=C2. The summed E-state index contributed by atoms with van der Waals surface area (Å²) in [5, 5.41) is 9.52. The average molecular weight is 394 g/mol. The fourth-order valence-electron chi connectivity index (χ4n) is 3.99. The molecule has 0 amide bonds. The fourth-order valence-corrected chi connectivity index (χ4v) is 3.99. The monoisotopic (exact) mass is 394 g/mol. The normalized spacial score (nSPS) is 21.6. The van der Waals surface area contributed by atoms with Crippen molar-refractivity contribution < 1.29 is 19.4 Å². The van der Waals surface area contributed by atoms with E-state index in [1.165, 1.54) is 4.57 Å². The van der Waals surface area contributed by atoms with E-state index in [1.807, 2.05) is 31.2 Å². The van der Waals surface area contributed by atoms with Crippen LogP contribution >= 0.6 is 0 Å². The van der Waals surface area contributed by atoms with E-state index in [-0.39, 0.29) is 11.6 Å². The van der Waals surface area contributed by atoms with E-state index in [2.05, 4.69) is 4.98 Å². The van der Waals surface area contributed by atoms with E-state index < -0.39 is 11.4 Å². The molecular weight excluding hydrogens is 372 g/mol. The van der Waals surface area contributed by atoms with Crippen LogP contribution in [0.2, 0.25) is 0 Å². The van der Waals surface area contributed by atoms with Gasteiger partial charge in [-0.25, -0.2) is 4.98 Å². The highest BCUT2D eigenvalue weighted by Gasteiger charge is 2.62. The summed E-state index contributed by atoms with van der Waals surface area (Å²) in [5.41, 5.74) is 0.799. The fraction of sp³-hybridized carbons (Fsp3) is 0.318. The molecule has 0 saturated heterocycles. The molecule has 2 unspecified atom stereocenters. The van der Waals surface area contributed by atoms with E-state index in [0.29, 0.717) is 41.4 Å². The second-order valence-electron chi connectivity index (χ2n) is 7.18. The molecule has 0 radical (unpaired) electrons. The van der Waals surface area contributed by atoms with Gasteiger partial charge in [0.05, 0.1) is 26.0 Å². The molecule has 29 heavy (non-hydrogen) atoms. The number of carboxylic acid groups (broad SMARTS) is 1. The first kappa shape index (κ1) is 19.0. The predicted molar refractivity (Wildman–Crippen MR) is 109 cm³/mol. The number of hydrogen-bond donors (Lipinski definition) is 1. The van der Waals surface area contributed by atoms with Crippen molar-refractivity contribution in [1.29, 1.82) is 0 Å². The lowest BCUT2D eigenvalue weighted by molar-refractivity contribution is -0.141. The van der Waals surface area contributed by atoms with Gasteiger partial charge in [-0.3, -0.25) is 14.2 Å². The van der Waals surface area contributed by atoms with Crippen LogP contribution in [-0.2, 0) is 11.2 Å². The molecule has 2 heterocycles. The molecule has 2 aromatic rings. The molecule has 0 spiro atoms. The first-order valence-electron chi connectivity index (χ1n) is 9.44. The molecule has 4 rings (SSSR count). The van der Waals surface area contributed by atoms with Gasteiger partial charge in [0.2, 0.25) is 0 Å². The third-order valence-electron chi connectivity index (χ3n) is 5.68. The maximum atomic E-state index is 13.1. The molecule has 150 valence electrons. The molecular formula is C22H22N2O5. The molecule has 1 aliphatic carbocycles. The van der Waals surface area contributed by atoms with Gasteiger partial charge < -0.3 is 14.6 Å². The topological polar surface area (TPSA) is 90.7 Å². The van der Waals surface area contributed by atoms with Crippen LogP contribution in [0.1, 0.15) is 42.0 Å². The van der Waals surface area contributed by atoms with Crippen LogP contribution in [0.5, 0.6) is 11.5 Å². The minimum absolute atomic E-state index is 0.174. The Labute approximate surface area is 167 Å². The predicted octanol–water partition coefficient (Wildman–Crippen LogP) is 3.04. The van der Waals surface area contributed by atoms with Crippen molar-refractivity contribution >= 4 is 24.2 Å². The second-order valence-corrected chi connectivity index (χ2v) is 7.18. The lowest BCUT2D eigenvalue weighted by Crippen LogP contribution is -2.32. The van der Waals surface area contributed by atoms with Crippen LogP contribution in [0.3, 0.4) is 0 Å². The van der Waals surface area contributed by atoms with Crippen molar-refractivity contribution in [1.82, 2.24) is 9.55 Å². The maximum absolute atomic E-state index is 13.1. The Balaban J connectivity index is 1.78. The minimum Gasteiger partial charge on any atom is -0.493 e. The number of carbonyl (C=O) groups is 1. The zero-order valence-electron chi connectivity index (χ0n) is 16.5. The van der Waals surface area contributed by atoms with Crippen molar-refractivity contribution in [3.8, 4) is 11.5 Å². The van der Waals surface area contributed by atoms with Gasteiger partial charge in [0.25, 0.3) is 5.56 Å². The standard InChI is InChI=1S/C22H22N2O5/c1-4-14-15(9-8-13-6-5-7-16(28-2)19(13)29-3)23-18-10-11-22(21(26)27)12-17(22)24(18)20(14)25/h5-11,17H,4,12H2,1-3H3,(H,26,27)/b9-8+. The summed E-state index contributed by atoms with van der Waals surface area (Å²) in [4.78, 5) is 29.4. The number of hydrogen-bond acceptors (Lipinski definition) is 5. The number of aromatic nitrogens is 2. The molecule has 1 saturated carbocycles. The quantitative estimate of drug-likeness (QED) is 0.810. The van der Waals surface area contributed by atoms with E-state index in [1.54, 1.807) is 32.4 Å². The summed E-state index contributed by atoms with van der Waals surface area (Å²) in [5.74, 6) is 0.806. The number of carboxylic acids is 1. The molecule has 2 atom stereocenters. The Morgan fingerprint density at radius 2 is 2.14 bits per heavy atom. The number of methoxy groups -OCH3 is 2. The lowest BCUT2D eigenvalue weighted by Gasteiger charge is -2.19. The van der Waals surface area contributed by atoms with Crippen molar-refractivity contribution in [2.45, 2.75) is 25.8 Å². The van der Waals surface area contributed by atoms with Crippen LogP contribution in [0.4, 0.5) is 0 Å². The van der Waals surface area contributed by atoms with Crippen molar-refractivity contribution in [2.75, 3.05) is 14.2 Å². The van der Waals surface area contributed by atoms with E-state index in [0.717, 1.165) is 5.56 Å². The van der Waals surface area contributed by atoms with Crippen LogP contribution in [-0.4, -0.2) is 34.8 Å². The summed E-state index contributed by atoms with van der Waals surface area (Å²) < 4.78 is 12.3. The molecule has 1 aliphatic heterocycles. The zero-order chi connectivity index (χ0) is 20.8. The number of ether oxygens (including phenoxy) is 2. The molecule has 1 fully saturated rings. The first-order valence-corrected chi connectivity index (χ1v) is 9.44. The summed E-state index contributed by atoms with van der Waals surface area (Å²) in [6.07, 6.45) is 7.85. The Morgan fingerprint density at radius 3 is 2.79 bits per heavy atom. The summed E-state index contributed by atoms with van der Waals surface area (Å²) in [7, 11) is 3.15.